The van der Waals surface area contributed by atoms with Gasteiger partial charge in [0.2, 0.25) is 17.6 Å². The molecule has 2 heterocycles. The summed E-state index contributed by atoms with van der Waals surface area (Å²) in [4.78, 5) is 15.9. The highest BCUT2D eigenvalue weighted by atomic mass is 19.1. The van der Waals surface area contributed by atoms with E-state index in [1.807, 2.05) is 0 Å². The summed E-state index contributed by atoms with van der Waals surface area (Å²) in [7, 11) is 0. The van der Waals surface area contributed by atoms with Crippen LogP contribution in [0.15, 0.2) is 39.4 Å². The Bertz CT molecular complexity index is 810. The molecule has 0 aliphatic heterocycles. The molecule has 1 N–H and O–H groups in total. The summed E-state index contributed by atoms with van der Waals surface area (Å²) in [5.41, 5.74) is 1.18. The molecule has 0 spiro atoms. The van der Waals surface area contributed by atoms with Crippen molar-refractivity contribution in [2.24, 2.45) is 0 Å². The van der Waals surface area contributed by atoms with Gasteiger partial charge in [-0.25, -0.2) is 4.39 Å². The lowest BCUT2D eigenvalue weighted by Crippen LogP contribution is -2.24. The van der Waals surface area contributed by atoms with Gasteiger partial charge in [-0.2, -0.15) is 4.98 Å². The summed E-state index contributed by atoms with van der Waals surface area (Å²) >= 11 is 0. The maximum absolute atomic E-state index is 12.9. The Morgan fingerprint density at radius 2 is 2.00 bits per heavy atom. The van der Waals surface area contributed by atoms with E-state index in [2.05, 4.69) is 20.6 Å². The highest BCUT2D eigenvalue weighted by molar-refractivity contribution is 5.77. The van der Waals surface area contributed by atoms with E-state index in [0.717, 1.165) is 0 Å². The topological polar surface area (TPSA) is 94.1 Å². The Morgan fingerprint density at radius 1 is 1.22 bits per heavy atom. The number of aryl methyl sites for hydroxylation is 1. The number of amides is 1. The second-order valence-electron chi connectivity index (χ2n) is 4.90. The number of hydrogen-bond acceptors (Lipinski definition) is 6. The van der Waals surface area contributed by atoms with Crippen molar-refractivity contribution in [3.8, 4) is 11.4 Å². The number of aromatic nitrogens is 3. The smallest absolute Gasteiger partial charge is 0.246 e. The minimum absolute atomic E-state index is 0.101. The second kappa shape index (κ2) is 6.39. The first-order valence-electron chi connectivity index (χ1n) is 6.87. The van der Waals surface area contributed by atoms with Gasteiger partial charge < -0.3 is 14.4 Å². The number of nitrogens with one attached hydrogen (secondary N) is 1. The van der Waals surface area contributed by atoms with Crippen LogP contribution in [0.1, 0.15) is 17.3 Å². The second-order valence-corrected chi connectivity index (χ2v) is 4.90. The van der Waals surface area contributed by atoms with Gasteiger partial charge in [-0.15, -0.1) is 0 Å². The third-order valence-corrected chi connectivity index (χ3v) is 3.03. The summed E-state index contributed by atoms with van der Waals surface area (Å²) in [6.45, 7) is 1.85. The number of carbonyl (C=O) groups is 1. The summed E-state index contributed by atoms with van der Waals surface area (Å²) in [6.07, 6.45) is 0.107. The number of benzene rings is 1. The van der Waals surface area contributed by atoms with Crippen molar-refractivity contribution in [2.75, 3.05) is 0 Å². The molecule has 0 atom stereocenters. The van der Waals surface area contributed by atoms with Crippen LogP contribution in [-0.2, 0) is 17.8 Å². The van der Waals surface area contributed by atoms with Gasteiger partial charge in [0.15, 0.2) is 0 Å². The number of carbonyl (C=O) groups excluding carboxylic acids is 1. The van der Waals surface area contributed by atoms with E-state index < -0.39 is 0 Å². The van der Waals surface area contributed by atoms with Crippen LogP contribution in [0, 0.1) is 12.7 Å². The van der Waals surface area contributed by atoms with Gasteiger partial charge in [-0.05, 0) is 31.2 Å². The number of halogens is 1. The largest absolute Gasteiger partial charge is 0.361 e. The zero-order chi connectivity index (χ0) is 16.2. The normalized spacial score (nSPS) is 10.7. The van der Waals surface area contributed by atoms with Crippen molar-refractivity contribution in [3.63, 3.8) is 0 Å². The summed E-state index contributed by atoms with van der Waals surface area (Å²) < 4.78 is 22.8. The summed E-state index contributed by atoms with van der Waals surface area (Å²) in [5, 5.41) is 10.2. The SMILES string of the molecule is Cc1cc(CC(=O)NCc2nc(-c3ccc(F)cc3)no2)no1. The Morgan fingerprint density at radius 3 is 2.70 bits per heavy atom. The number of rotatable bonds is 5. The maximum Gasteiger partial charge on any atom is 0.246 e. The predicted molar refractivity (Wildman–Crippen MR) is 76.5 cm³/mol. The van der Waals surface area contributed by atoms with Crippen molar-refractivity contribution in [1.82, 2.24) is 20.6 Å². The predicted octanol–water partition coefficient (Wildman–Crippen LogP) is 2.03. The lowest BCUT2D eigenvalue weighted by molar-refractivity contribution is -0.120. The third-order valence-electron chi connectivity index (χ3n) is 3.03. The molecule has 0 bridgehead atoms. The molecule has 8 heteroatoms. The highest BCUT2D eigenvalue weighted by Crippen LogP contribution is 2.16. The Hall–Kier alpha value is -3.03. The minimum atomic E-state index is -0.340. The molecule has 2 aromatic heterocycles. The molecule has 118 valence electrons. The van der Waals surface area contributed by atoms with E-state index in [1.165, 1.54) is 12.1 Å². The van der Waals surface area contributed by atoms with Gasteiger partial charge >= 0.3 is 0 Å². The van der Waals surface area contributed by atoms with Gasteiger partial charge in [-0.3, -0.25) is 4.79 Å². The van der Waals surface area contributed by atoms with E-state index >= 15 is 0 Å². The lowest BCUT2D eigenvalue weighted by atomic mass is 10.2. The Labute approximate surface area is 130 Å². The van der Waals surface area contributed by atoms with E-state index in [4.69, 9.17) is 9.05 Å². The molecule has 23 heavy (non-hydrogen) atoms. The molecule has 0 aliphatic carbocycles. The van der Waals surface area contributed by atoms with Crippen LogP contribution < -0.4 is 5.32 Å². The molecule has 1 aromatic carbocycles. The van der Waals surface area contributed by atoms with Gasteiger partial charge in [0, 0.05) is 11.6 Å². The van der Waals surface area contributed by atoms with Crippen molar-refractivity contribution < 1.29 is 18.2 Å². The number of nitrogens with zero attached hydrogens (tertiary/aromatic N) is 3. The third kappa shape index (κ3) is 3.79. The molecular weight excluding hydrogens is 303 g/mol. The van der Waals surface area contributed by atoms with Gasteiger partial charge in [0.1, 0.15) is 11.6 Å². The van der Waals surface area contributed by atoms with Crippen LogP contribution in [0.4, 0.5) is 4.39 Å². The Kier molecular flexibility index (Phi) is 4.13. The van der Waals surface area contributed by atoms with Gasteiger partial charge in [0.25, 0.3) is 0 Å². The van der Waals surface area contributed by atoms with Gasteiger partial charge in [0.05, 0.1) is 18.7 Å². The molecule has 3 aromatic rings. The number of hydrogen-bond donors (Lipinski definition) is 1. The standard InChI is InChI=1S/C15H13FN4O3/c1-9-6-12(19-22-9)7-13(21)17-8-14-18-15(20-23-14)10-2-4-11(16)5-3-10/h2-6H,7-8H2,1H3,(H,17,21). The monoisotopic (exact) mass is 316 g/mol. The fraction of sp³-hybridized carbons (Fsp3) is 0.200. The summed E-state index contributed by atoms with van der Waals surface area (Å²) in [5.74, 6) is 0.664. The van der Waals surface area contributed by atoms with Crippen LogP contribution in [-0.4, -0.2) is 21.2 Å². The van der Waals surface area contributed by atoms with Crippen molar-refractivity contribution in [2.45, 2.75) is 19.9 Å². The first kappa shape index (κ1) is 14.9. The van der Waals surface area contributed by atoms with Crippen LogP contribution in [0.3, 0.4) is 0 Å². The molecule has 1 amide bonds. The molecule has 0 fully saturated rings. The summed E-state index contributed by atoms with van der Waals surface area (Å²) in [6, 6.07) is 7.42. The van der Waals surface area contributed by atoms with E-state index in [0.29, 0.717) is 22.8 Å². The quantitative estimate of drug-likeness (QED) is 0.774. The molecular formula is C15H13FN4O3. The minimum Gasteiger partial charge on any atom is -0.361 e. The first-order valence-corrected chi connectivity index (χ1v) is 6.87. The average Bonchev–Trinajstić information content (AvgIpc) is 3.15. The highest BCUT2D eigenvalue weighted by Gasteiger charge is 2.11. The van der Waals surface area contributed by atoms with Crippen LogP contribution in [0.25, 0.3) is 11.4 Å². The van der Waals surface area contributed by atoms with E-state index in [9.17, 15) is 9.18 Å². The lowest BCUT2D eigenvalue weighted by Gasteiger charge is -1.99. The van der Waals surface area contributed by atoms with Crippen molar-refractivity contribution in [1.29, 1.82) is 0 Å². The molecule has 0 unspecified atom stereocenters. The zero-order valence-electron chi connectivity index (χ0n) is 12.2. The molecule has 3 rings (SSSR count). The van der Waals surface area contributed by atoms with E-state index in [1.54, 1.807) is 25.1 Å². The molecule has 0 aliphatic rings. The fourth-order valence-corrected chi connectivity index (χ4v) is 1.95. The van der Waals surface area contributed by atoms with E-state index in [-0.39, 0.29) is 30.6 Å². The van der Waals surface area contributed by atoms with Crippen molar-refractivity contribution >= 4 is 5.91 Å². The maximum atomic E-state index is 12.9. The first-order chi connectivity index (χ1) is 11.1. The van der Waals surface area contributed by atoms with Crippen LogP contribution in [0.5, 0.6) is 0 Å². The Balaban J connectivity index is 1.56. The zero-order valence-corrected chi connectivity index (χ0v) is 12.2. The van der Waals surface area contributed by atoms with Crippen LogP contribution in [0.2, 0.25) is 0 Å². The molecule has 0 saturated carbocycles. The van der Waals surface area contributed by atoms with Crippen LogP contribution >= 0.6 is 0 Å². The fourth-order valence-electron chi connectivity index (χ4n) is 1.95. The van der Waals surface area contributed by atoms with Gasteiger partial charge in [-0.1, -0.05) is 10.3 Å². The molecule has 7 nitrogen and oxygen atoms in total. The van der Waals surface area contributed by atoms with Crippen molar-refractivity contribution in [3.05, 3.63) is 53.5 Å². The molecule has 0 saturated heterocycles. The molecule has 0 radical (unpaired) electrons. The average molecular weight is 316 g/mol.